The number of fused-ring (bicyclic) bond motifs is 1. The van der Waals surface area contributed by atoms with Gasteiger partial charge in [0.05, 0.1) is 22.6 Å². The maximum Gasteiger partial charge on any atom is 0.261 e. The van der Waals surface area contributed by atoms with Gasteiger partial charge in [-0.2, -0.15) is 0 Å². The molecule has 2 aromatic rings. The Labute approximate surface area is 146 Å². The highest BCUT2D eigenvalue weighted by Crippen LogP contribution is 2.23. The third-order valence-electron chi connectivity index (χ3n) is 4.12. The van der Waals surface area contributed by atoms with Crippen LogP contribution < -0.4 is 4.31 Å². The van der Waals surface area contributed by atoms with Crippen molar-refractivity contribution < 1.29 is 18.0 Å². The molecule has 0 saturated carbocycles. The van der Waals surface area contributed by atoms with Gasteiger partial charge in [0, 0.05) is 13.1 Å². The molecule has 0 fully saturated rings. The zero-order valence-electron chi connectivity index (χ0n) is 13.8. The van der Waals surface area contributed by atoms with E-state index in [1.54, 1.807) is 55.5 Å². The van der Waals surface area contributed by atoms with Crippen molar-refractivity contribution in [1.29, 1.82) is 0 Å². The average Bonchev–Trinajstić information content (AvgIpc) is 2.86. The zero-order valence-corrected chi connectivity index (χ0v) is 14.6. The molecular formula is C18H18N2O4S. The first-order valence-corrected chi connectivity index (χ1v) is 9.57. The third kappa shape index (κ3) is 3.15. The molecule has 130 valence electrons. The molecule has 1 aliphatic rings. The summed E-state index contributed by atoms with van der Waals surface area (Å²) in [7, 11) is -3.66. The van der Waals surface area contributed by atoms with Crippen molar-refractivity contribution >= 4 is 27.5 Å². The first kappa shape index (κ1) is 17.2. The lowest BCUT2D eigenvalue weighted by molar-refractivity contribution is 0.0664. The number of sulfonamides is 1. The van der Waals surface area contributed by atoms with E-state index in [1.165, 1.54) is 4.31 Å². The number of carbonyl (C=O) groups is 2. The van der Waals surface area contributed by atoms with Crippen molar-refractivity contribution in [3.05, 3.63) is 65.7 Å². The summed E-state index contributed by atoms with van der Waals surface area (Å²) in [6.07, 6.45) is 0. The van der Waals surface area contributed by atoms with Crippen LogP contribution in [0.5, 0.6) is 0 Å². The predicted molar refractivity (Wildman–Crippen MR) is 95.1 cm³/mol. The Balaban J connectivity index is 1.77. The molecule has 0 atom stereocenters. The number of rotatable bonds is 6. The van der Waals surface area contributed by atoms with Crippen molar-refractivity contribution in [1.82, 2.24) is 4.90 Å². The van der Waals surface area contributed by atoms with Gasteiger partial charge in [0.15, 0.2) is 0 Å². The lowest BCUT2D eigenvalue weighted by Gasteiger charge is -2.24. The number of anilines is 1. The fourth-order valence-electron chi connectivity index (χ4n) is 2.89. The van der Waals surface area contributed by atoms with Crippen molar-refractivity contribution in [3.63, 3.8) is 0 Å². The second-order valence-electron chi connectivity index (χ2n) is 5.62. The highest BCUT2D eigenvalue weighted by atomic mass is 32.2. The summed E-state index contributed by atoms with van der Waals surface area (Å²) in [5, 5.41) is 0. The van der Waals surface area contributed by atoms with Crippen LogP contribution in [0.3, 0.4) is 0 Å². The maximum absolute atomic E-state index is 12.7. The van der Waals surface area contributed by atoms with Crippen molar-refractivity contribution in [2.24, 2.45) is 0 Å². The first-order chi connectivity index (χ1) is 12.0. The van der Waals surface area contributed by atoms with Crippen LogP contribution >= 0.6 is 0 Å². The molecule has 1 aliphatic heterocycles. The SMILES string of the molecule is CCN(c1ccccc1)S(=O)(=O)CCN1C(=O)c2ccccc2C1=O. The number of amides is 2. The van der Waals surface area contributed by atoms with Crippen LogP contribution in [0.2, 0.25) is 0 Å². The number of carbonyl (C=O) groups excluding carboxylic acids is 2. The van der Waals surface area contributed by atoms with Gasteiger partial charge in [-0.3, -0.25) is 18.8 Å². The number of benzene rings is 2. The van der Waals surface area contributed by atoms with E-state index in [0.29, 0.717) is 16.8 Å². The maximum atomic E-state index is 12.7. The molecule has 25 heavy (non-hydrogen) atoms. The summed E-state index contributed by atoms with van der Waals surface area (Å²) in [5.41, 5.74) is 1.20. The van der Waals surface area contributed by atoms with E-state index >= 15 is 0 Å². The van der Waals surface area contributed by atoms with Gasteiger partial charge in [-0.25, -0.2) is 8.42 Å². The molecule has 2 amide bonds. The van der Waals surface area contributed by atoms with Crippen molar-refractivity contribution in [2.45, 2.75) is 6.92 Å². The normalized spacial score (nSPS) is 13.9. The number of hydrogen-bond acceptors (Lipinski definition) is 4. The summed E-state index contributed by atoms with van der Waals surface area (Å²) in [5.74, 6) is -1.21. The highest BCUT2D eigenvalue weighted by Gasteiger charge is 2.36. The minimum absolute atomic E-state index is 0.169. The Morgan fingerprint density at radius 3 is 1.92 bits per heavy atom. The summed E-state index contributed by atoms with van der Waals surface area (Å²) in [4.78, 5) is 25.7. The van der Waals surface area contributed by atoms with Crippen LogP contribution in [0.15, 0.2) is 54.6 Å². The van der Waals surface area contributed by atoms with Gasteiger partial charge in [0.1, 0.15) is 0 Å². The molecule has 6 nitrogen and oxygen atoms in total. The molecule has 0 unspecified atom stereocenters. The largest absolute Gasteiger partial charge is 0.273 e. The van der Waals surface area contributed by atoms with E-state index < -0.39 is 21.8 Å². The Kier molecular flexibility index (Phi) is 4.59. The van der Waals surface area contributed by atoms with E-state index in [9.17, 15) is 18.0 Å². The highest BCUT2D eigenvalue weighted by molar-refractivity contribution is 7.92. The van der Waals surface area contributed by atoms with E-state index in [4.69, 9.17) is 0 Å². The standard InChI is InChI=1S/C18H18N2O4S/c1-2-20(14-8-4-3-5-9-14)25(23,24)13-12-19-17(21)15-10-6-7-11-16(15)18(19)22/h3-11H,2,12-13H2,1H3. The Morgan fingerprint density at radius 1 is 0.880 bits per heavy atom. The molecule has 3 rings (SSSR count). The van der Waals surface area contributed by atoms with Gasteiger partial charge >= 0.3 is 0 Å². The Hall–Kier alpha value is -2.67. The van der Waals surface area contributed by atoms with E-state index in [-0.39, 0.29) is 18.8 Å². The molecule has 1 heterocycles. The molecule has 0 spiro atoms. The van der Waals surface area contributed by atoms with Crippen LogP contribution in [0.4, 0.5) is 5.69 Å². The number of para-hydroxylation sites is 1. The predicted octanol–water partition coefficient (Wildman–Crippen LogP) is 2.14. The number of hydrogen-bond donors (Lipinski definition) is 0. The van der Waals surface area contributed by atoms with Gasteiger partial charge in [-0.15, -0.1) is 0 Å². The molecule has 0 saturated heterocycles. The molecule has 0 aromatic heterocycles. The fourth-order valence-corrected chi connectivity index (χ4v) is 4.36. The van der Waals surface area contributed by atoms with Crippen LogP contribution in [0.25, 0.3) is 0 Å². The van der Waals surface area contributed by atoms with Crippen LogP contribution in [0.1, 0.15) is 27.6 Å². The van der Waals surface area contributed by atoms with Gasteiger partial charge in [0.2, 0.25) is 10.0 Å². The Bertz CT molecular complexity index is 875. The number of imide groups is 1. The molecule has 0 bridgehead atoms. The molecule has 0 aliphatic carbocycles. The van der Waals surface area contributed by atoms with Crippen molar-refractivity contribution in [3.8, 4) is 0 Å². The van der Waals surface area contributed by atoms with Gasteiger partial charge in [-0.1, -0.05) is 30.3 Å². The van der Waals surface area contributed by atoms with Crippen LogP contribution in [-0.4, -0.2) is 44.0 Å². The zero-order chi connectivity index (χ0) is 18.0. The van der Waals surface area contributed by atoms with Crippen LogP contribution in [-0.2, 0) is 10.0 Å². The quantitative estimate of drug-likeness (QED) is 0.742. The smallest absolute Gasteiger partial charge is 0.261 e. The van der Waals surface area contributed by atoms with E-state index in [2.05, 4.69) is 0 Å². The fraction of sp³-hybridized carbons (Fsp3) is 0.222. The van der Waals surface area contributed by atoms with E-state index in [1.807, 2.05) is 6.07 Å². The van der Waals surface area contributed by atoms with Gasteiger partial charge < -0.3 is 0 Å². The molecule has 7 heteroatoms. The van der Waals surface area contributed by atoms with Crippen molar-refractivity contribution in [2.75, 3.05) is 23.1 Å². The lowest BCUT2D eigenvalue weighted by atomic mass is 10.1. The molecule has 0 N–H and O–H groups in total. The summed E-state index contributed by atoms with van der Waals surface area (Å²) >= 11 is 0. The first-order valence-electron chi connectivity index (χ1n) is 7.96. The van der Waals surface area contributed by atoms with Crippen LogP contribution in [0, 0.1) is 0 Å². The van der Waals surface area contributed by atoms with Gasteiger partial charge in [-0.05, 0) is 31.2 Å². The van der Waals surface area contributed by atoms with E-state index in [0.717, 1.165) is 4.90 Å². The average molecular weight is 358 g/mol. The topological polar surface area (TPSA) is 74.8 Å². The van der Waals surface area contributed by atoms with Gasteiger partial charge in [0.25, 0.3) is 11.8 Å². The summed E-state index contributed by atoms with van der Waals surface area (Å²) in [6.45, 7) is 1.85. The summed E-state index contributed by atoms with van der Waals surface area (Å²) in [6, 6.07) is 15.3. The number of nitrogens with zero attached hydrogens (tertiary/aromatic N) is 2. The minimum Gasteiger partial charge on any atom is -0.273 e. The second-order valence-corrected chi connectivity index (χ2v) is 7.64. The lowest BCUT2D eigenvalue weighted by Crippen LogP contribution is -2.39. The minimum atomic E-state index is -3.66. The third-order valence-corrected chi connectivity index (χ3v) is 5.96. The molecule has 0 radical (unpaired) electrons. The monoisotopic (exact) mass is 358 g/mol. The molecule has 2 aromatic carbocycles. The molecular weight excluding hydrogens is 340 g/mol. The Morgan fingerprint density at radius 2 is 1.40 bits per heavy atom. The summed E-state index contributed by atoms with van der Waals surface area (Å²) < 4.78 is 26.6. The second kappa shape index (κ2) is 6.68.